The van der Waals surface area contributed by atoms with Gasteiger partial charge < -0.3 is 20.7 Å². The lowest BCUT2D eigenvalue weighted by Crippen LogP contribution is -2.41. The van der Waals surface area contributed by atoms with Crippen molar-refractivity contribution in [2.75, 3.05) is 18.9 Å². The number of hydrogen-bond acceptors (Lipinski definition) is 4. The van der Waals surface area contributed by atoms with Crippen LogP contribution in [0.1, 0.15) is 36.8 Å². The number of aromatic nitrogens is 1. The molecule has 0 spiro atoms. The molecule has 1 saturated carbocycles. The minimum atomic E-state index is -0.165. The maximum Gasteiger partial charge on any atom is 0.243 e. The van der Waals surface area contributed by atoms with Gasteiger partial charge >= 0.3 is 0 Å². The van der Waals surface area contributed by atoms with E-state index in [1.165, 1.54) is 18.4 Å². The maximum absolute atomic E-state index is 12.1. The number of guanidine groups is 1. The lowest BCUT2D eigenvalue weighted by atomic mass is 10.1. The molecule has 30 heavy (non-hydrogen) atoms. The Hall–Kier alpha value is -2.36. The van der Waals surface area contributed by atoms with Crippen molar-refractivity contribution in [3.05, 3.63) is 53.9 Å². The summed E-state index contributed by atoms with van der Waals surface area (Å²) in [6.45, 7) is 2.74. The Balaban J connectivity index is 0.00000320. The molecule has 2 aromatic rings. The fraction of sp³-hybridized carbons (Fsp3) is 0.409. The summed E-state index contributed by atoms with van der Waals surface area (Å²) in [5.41, 5.74) is 2.91. The van der Waals surface area contributed by atoms with Crippen LogP contribution in [0, 0.1) is 6.92 Å². The van der Waals surface area contributed by atoms with Gasteiger partial charge in [-0.15, -0.1) is 24.0 Å². The number of nitrogens with one attached hydrogen (secondary N) is 3. The predicted molar refractivity (Wildman–Crippen MR) is 131 cm³/mol. The van der Waals surface area contributed by atoms with Crippen LogP contribution in [0.5, 0.6) is 5.75 Å². The number of halogens is 1. The van der Waals surface area contributed by atoms with Crippen molar-refractivity contribution < 1.29 is 9.53 Å². The molecule has 1 aliphatic rings. The molecular weight excluding hydrogens is 493 g/mol. The van der Waals surface area contributed by atoms with E-state index in [-0.39, 0.29) is 36.4 Å². The average Bonchev–Trinajstić information content (AvgIpc) is 3.23. The first kappa shape index (κ1) is 23.9. The Bertz CT molecular complexity index is 839. The minimum Gasteiger partial charge on any atom is -0.490 e. The van der Waals surface area contributed by atoms with Crippen LogP contribution in [-0.4, -0.2) is 36.5 Å². The molecule has 0 saturated heterocycles. The normalized spacial score (nSPS) is 14.0. The number of aliphatic imine (C=N–C) groups is 1. The number of benzene rings is 1. The van der Waals surface area contributed by atoms with Crippen LogP contribution in [0.15, 0.2) is 47.7 Å². The fourth-order valence-electron chi connectivity index (χ4n) is 3.31. The SMILES string of the molecule is CN=C(NCC(=O)Nc1cccnc1)NCc1ccc(C)cc1OC1CCCC1.I. The summed E-state index contributed by atoms with van der Waals surface area (Å²) < 4.78 is 6.25. The Morgan fingerprint density at radius 1 is 1.23 bits per heavy atom. The van der Waals surface area contributed by atoms with Gasteiger partial charge in [-0.3, -0.25) is 14.8 Å². The van der Waals surface area contributed by atoms with Crippen LogP contribution in [0.2, 0.25) is 0 Å². The molecule has 3 N–H and O–H groups in total. The highest BCUT2D eigenvalue weighted by Gasteiger charge is 2.18. The standard InChI is InChI=1S/C22H29N5O2.HI/c1-16-9-10-17(20(12-16)29-19-7-3-4-8-19)13-25-22(23-2)26-15-21(28)27-18-6-5-11-24-14-18;/h5-6,9-12,14,19H,3-4,7-8,13,15H2,1-2H3,(H,27,28)(H2,23,25,26);1H. The van der Waals surface area contributed by atoms with E-state index in [4.69, 9.17) is 4.74 Å². The highest BCUT2D eigenvalue weighted by molar-refractivity contribution is 14.0. The molecular formula is C22H30IN5O2. The summed E-state index contributed by atoms with van der Waals surface area (Å²) >= 11 is 0. The first-order valence-corrected chi connectivity index (χ1v) is 10.0. The zero-order valence-corrected chi connectivity index (χ0v) is 19.8. The van der Waals surface area contributed by atoms with Crippen molar-refractivity contribution in [3.8, 4) is 5.75 Å². The molecule has 0 radical (unpaired) electrons. The second-order valence-corrected chi connectivity index (χ2v) is 7.20. The van der Waals surface area contributed by atoms with Crippen molar-refractivity contribution in [1.29, 1.82) is 0 Å². The molecule has 3 rings (SSSR count). The van der Waals surface area contributed by atoms with E-state index in [2.05, 4.69) is 51.0 Å². The predicted octanol–water partition coefficient (Wildman–Crippen LogP) is 3.63. The van der Waals surface area contributed by atoms with Gasteiger partial charge in [-0.25, -0.2) is 0 Å². The molecule has 0 atom stereocenters. The molecule has 1 amide bonds. The van der Waals surface area contributed by atoms with Crippen molar-refractivity contribution in [3.63, 3.8) is 0 Å². The first-order chi connectivity index (χ1) is 14.1. The number of carbonyl (C=O) groups is 1. The van der Waals surface area contributed by atoms with Crippen molar-refractivity contribution in [2.24, 2.45) is 4.99 Å². The molecule has 162 valence electrons. The van der Waals surface area contributed by atoms with Gasteiger partial charge in [0.05, 0.1) is 24.5 Å². The third kappa shape index (κ3) is 7.47. The van der Waals surface area contributed by atoms with Gasteiger partial charge in [0.15, 0.2) is 5.96 Å². The van der Waals surface area contributed by atoms with Crippen LogP contribution >= 0.6 is 24.0 Å². The molecule has 1 aliphatic carbocycles. The second-order valence-electron chi connectivity index (χ2n) is 7.20. The first-order valence-electron chi connectivity index (χ1n) is 10.0. The van der Waals surface area contributed by atoms with E-state index in [9.17, 15) is 4.79 Å². The highest BCUT2D eigenvalue weighted by Crippen LogP contribution is 2.27. The third-order valence-electron chi connectivity index (χ3n) is 4.85. The van der Waals surface area contributed by atoms with Crippen LogP contribution < -0.4 is 20.7 Å². The fourth-order valence-corrected chi connectivity index (χ4v) is 3.31. The summed E-state index contributed by atoms with van der Waals surface area (Å²) in [7, 11) is 1.68. The number of carbonyl (C=O) groups excluding carboxylic acids is 1. The molecule has 0 bridgehead atoms. The number of ether oxygens (including phenoxy) is 1. The highest BCUT2D eigenvalue weighted by atomic mass is 127. The van der Waals surface area contributed by atoms with Crippen LogP contribution in [0.25, 0.3) is 0 Å². The van der Waals surface area contributed by atoms with Gasteiger partial charge in [0.1, 0.15) is 5.75 Å². The molecule has 1 fully saturated rings. The zero-order chi connectivity index (χ0) is 20.5. The van der Waals surface area contributed by atoms with E-state index in [0.717, 1.165) is 24.2 Å². The van der Waals surface area contributed by atoms with Gasteiger partial charge in [-0.2, -0.15) is 0 Å². The Kier molecular flexibility index (Phi) is 9.85. The van der Waals surface area contributed by atoms with E-state index >= 15 is 0 Å². The number of rotatable bonds is 7. The topological polar surface area (TPSA) is 87.6 Å². The largest absolute Gasteiger partial charge is 0.490 e. The van der Waals surface area contributed by atoms with Crippen molar-refractivity contribution >= 4 is 41.5 Å². The average molecular weight is 523 g/mol. The van der Waals surface area contributed by atoms with Crippen LogP contribution in [0.4, 0.5) is 5.69 Å². The molecule has 0 aliphatic heterocycles. The monoisotopic (exact) mass is 523 g/mol. The number of pyridine rings is 1. The van der Waals surface area contributed by atoms with Crippen LogP contribution in [-0.2, 0) is 11.3 Å². The van der Waals surface area contributed by atoms with E-state index in [1.54, 1.807) is 31.6 Å². The van der Waals surface area contributed by atoms with Gasteiger partial charge in [0.25, 0.3) is 0 Å². The molecule has 0 unspecified atom stereocenters. The van der Waals surface area contributed by atoms with Gasteiger partial charge in [-0.1, -0.05) is 12.1 Å². The quantitative estimate of drug-likeness (QED) is 0.293. The minimum absolute atomic E-state index is 0. The molecule has 1 heterocycles. The molecule has 8 heteroatoms. The summed E-state index contributed by atoms with van der Waals surface area (Å²) in [5.74, 6) is 1.31. The number of aryl methyl sites for hydroxylation is 1. The van der Waals surface area contributed by atoms with E-state index in [0.29, 0.717) is 24.3 Å². The Morgan fingerprint density at radius 3 is 2.73 bits per heavy atom. The van der Waals surface area contributed by atoms with Gasteiger partial charge in [0.2, 0.25) is 5.91 Å². The summed E-state index contributed by atoms with van der Waals surface area (Å²) in [6, 6.07) is 9.81. The van der Waals surface area contributed by atoms with Gasteiger partial charge in [-0.05, 0) is 56.4 Å². The summed E-state index contributed by atoms with van der Waals surface area (Å²) in [6.07, 6.45) is 8.29. The van der Waals surface area contributed by atoms with Crippen LogP contribution in [0.3, 0.4) is 0 Å². The van der Waals surface area contributed by atoms with Gasteiger partial charge in [0, 0.05) is 25.4 Å². The smallest absolute Gasteiger partial charge is 0.243 e. The Labute approximate surface area is 195 Å². The number of anilines is 1. The lowest BCUT2D eigenvalue weighted by molar-refractivity contribution is -0.115. The molecule has 1 aromatic carbocycles. The number of hydrogen-bond donors (Lipinski definition) is 3. The van der Waals surface area contributed by atoms with E-state index in [1.807, 2.05) is 0 Å². The third-order valence-corrected chi connectivity index (χ3v) is 4.85. The molecule has 1 aromatic heterocycles. The second kappa shape index (κ2) is 12.4. The summed E-state index contributed by atoms with van der Waals surface area (Å²) in [4.78, 5) is 20.3. The molecule has 7 nitrogen and oxygen atoms in total. The van der Waals surface area contributed by atoms with Crippen molar-refractivity contribution in [1.82, 2.24) is 15.6 Å². The Morgan fingerprint density at radius 2 is 2.03 bits per heavy atom. The maximum atomic E-state index is 12.1. The number of amides is 1. The zero-order valence-electron chi connectivity index (χ0n) is 17.5. The van der Waals surface area contributed by atoms with E-state index < -0.39 is 0 Å². The number of nitrogens with zero attached hydrogens (tertiary/aromatic N) is 2. The van der Waals surface area contributed by atoms with Crippen molar-refractivity contribution in [2.45, 2.75) is 45.3 Å². The lowest BCUT2D eigenvalue weighted by Gasteiger charge is -2.18. The summed E-state index contributed by atoms with van der Waals surface area (Å²) in [5, 5.41) is 9.07.